The van der Waals surface area contributed by atoms with Crippen LogP contribution in [0.15, 0.2) is 52.5 Å². The highest BCUT2D eigenvalue weighted by Crippen LogP contribution is 2.22. The molecule has 0 unspecified atom stereocenters. The summed E-state index contributed by atoms with van der Waals surface area (Å²) in [5.74, 6) is -0.530. The number of carbonyl (C=O) groups is 1. The third-order valence-electron chi connectivity index (χ3n) is 3.98. The number of nitrogens with two attached hydrogens (primary N) is 1. The van der Waals surface area contributed by atoms with Gasteiger partial charge in [0.25, 0.3) is 5.91 Å². The van der Waals surface area contributed by atoms with Gasteiger partial charge in [-0.15, -0.1) is 0 Å². The van der Waals surface area contributed by atoms with Crippen LogP contribution < -0.4 is 10.6 Å². The maximum atomic E-state index is 12.3. The molecule has 8 heteroatoms. The fourth-order valence-corrected chi connectivity index (χ4v) is 3.83. The van der Waals surface area contributed by atoms with E-state index in [1.165, 1.54) is 17.7 Å². The Hall–Kier alpha value is -2.22. The molecule has 3 rings (SSSR count). The predicted molar refractivity (Wildman–Crippen MR) is 96.2 cm³/mol. The van der Waals surface area contributed by atoms with Gasteiger partial charge in [0, 0.05) is 11.1 Å². The highest BCUT2D eigenvalue weighted by Gasteiger charge is 2.18. The first-order valence-corrected chi connectivity index (χ1v) is 9.56. The quantitative estimate of drug-likeness (QED) is 0.803. The van der Waals surface area contributed by atoms with Gasteiger partial charge in [0.05, 0.1) is 10.7 Å². The van der Waals surface area contributed by atoms with Crippen LogP contribution in [0.2, 0.25) is 5.02 Å². The average molecular weight is 378 g/mol. The molecule has 3 N–H and O–H groups in total. The van der Waals surface area contributed by atoms with Gasteiger partial charge in [0.2, 0.25) is 10.0 Å². The van der Waals surface area contributed by atoms with Crippen molar-refractivity contribution in [3.63, 3.8) is 0 Å². The molecule has 25 heavy (non-hydrogen) atoms. The van der Waals surface area contributed by atoms with E-state index in [0.29, 0.717) is 0 Å². The van der Waals surface area contributed by atoms with Crippen LogP contribution in [0.1, 0.15) is 34.3 Å². The van der Waals surface area contributed by atoms with Crippen LogP contribution in [0, 0.1) is 0 Å². The molecular formula is C17H16ClN3O3S. The van der Waals surface area contributed by atoms with Crippen LogP contribution >= 0.6 is 11.6 Å². The van der Waals surface area contributed by atoms with Gasteiger partial charge in [-0.05, 0) is 43.0 Å². The molecule has 0 saturated carbocycles. The summed E-state index contributed by atoms with van der Waals surface area (Å²) in [5, 5.41) is 9.28. The van der Waals surface area contributed by atoms with Crippen LogP contribution in [0.25, 0.3) is 0 Å². The van der Waals surface area contributed by atoms with Crippen molar-refractivity contribution in [3.05, 3.63) is 64.2 Å². The van der Waals surface area contributed by atoms with Gasteiger partial charge < -0.3 is 0 Å². The molecule has 1 aliphatic carbocycles. The Morgan fingerprint density at radius 2 is 1.92 bits per heavy atom. The van der Waals surface area contributed by atoms with Crippen LogP contribution in [0.3, 0.4) is 0 Å². The number of sulfonamides is 1. The maximum absolute atomic E-state index is 12.3. The first-order valence-electron chi connectivity index (χ1n) is 7.64. The van der Waals surface area contributed by atoms with Crippen LogP contribution in [-0.4, -0.2) is 20.0 Å². The van der Waals surface area contributed by atoms with Gasteiger partial charge >= 0.3 is 0 Å². The Kier molecular flexibility index (Phi) is 4.89. The first kappa shape index (κ1) is 17.6. The second-order valence-electron chi connectivity index (χ2n) is 5.70. The van der Waals surface area contributed by atoms with Crippen molar-refractivity contribution in [1.29, 1.82) is 0 Å². The van der Waals surface area contributed by atoms with Gasteiger partial charge in [-0.25, -0.2) is 19.0 Å². The maximum Gasteiger partial charge on any atom is 0.271 e. The Labute approximate surface area is 150 Å². The zero-order valence-electron chi connectivity index (χ0n) is 13.2. The average Bonchev–Trinajstić information content (AvgIpc) is 2.59. The number of carbonyl (C=O) groups excluding carboxylic acids is 1. The molecule has 0 aliphatic heterocycles. The summed E-state index contributed by atoms with van der Waals surface area (Å²) >= 11 is 5.82. The second kappa shape index (κ2) is 6.95. The monoisotopic (exact) mass is 377 g/mol. The molecule has 2 aromatic rings. The summed E-state index contributed by atoms with van der Waals surface area (Å²) in [6.45, 7) is 0. The van der Waals surface area contributed by atoms with Crippen LogP contribution in [0.5, 0.6) is 0 Å². The minimum absolute atomic E-state index is 0.0356. The second-order valence-corrected chi connectivity index (χ2v) is 7.64. The number of hydrogen-bond donors (Lipinski definition) is 2. The third-order valence-corrected chi connectivity index (χ3v) is 5.37. The van der Waals surface area contributed by atoms with E-state index >= 15 is 0 Å². The lowest BCUT2D eigenvalue weighted by atomic mass is 9.90. The van der Waals surface area contributed by atoms with E-state index < -0.39 is 15.9 Å². The molecule has 130 valence electrons. The summed E-state index contributed by atoms with van der Waals surface area (Å²) in [4.78, 5) is 12.0. The van der Waals surface area contributed by atoms with E-state index in [1.54, 1.807) is 0 Å². The summed E-state index contributed by atoms with van der Waals surface area (Å²) in [6.07, 6.45) is 2.71. The number of amides is 1. The number of hydrazone groups is 1. The molecule has 6 nitrogen and oxygen atoms in total. The van der Waals surface area contributed by atoms with Crippen molar-refractivity contribution < 1.29 is 13.2 Å². The number of primary sulfonamides is 1. The smallest absolute Gasteiger partial charge is 0.267 e. The number of benzene rings is 2. The number of nitrogens with one attached hydrogen (secondary N) is 1. The molecule has 0 spiro atoms. The van der Waals surface area contributed by atoms with Crippen molar-refractivity contribution in [2.45, 2.75) is 24.2 Å². The first-order chi connectivity index (χ1) is 11.9. The summed E-state index contributed by atoms with van der Waals surface area (Å²) in [7, 11) is -4.01. The SMILES string of the molecule is NS(=O)(=O)c1cc(C(=O)NN=C2CCCc3ccccc32)ccc1Cl. The molecule has 0 aromatic heterocycles. The minimum atomic E-state index is -4.01. The van der Waals surface area contributed by atoms with Gasteiger partial charge in [0.15, 0.2) is 0 Å². The van der Waals surface area contributed by atoms with E-state index in [0.717, 1.165) is 36.6 Å². The molecule has 2 aromatic carbocycles. The highest BCUT2D eigenvalue weighted by atomic mass is 35.5. The zero-order valence-corrected chi connectivity index (χ0v) is 14.8. The number of hydrogen-bond acceptors (Lipinski definition) is 4. The van der Waals surface area contributed by atoms with Crippen molar-refractivity contribution in [3.8, 4) is 0 Å². The van der Waals surface area contributed by atoms with E-state index in [4.69, 9.17) is 16.7 Å². The molecule has 0 bridgehead atoms. The summed E-state index contributed by atoms with van der Waals surface area (Å²) in [5.41, 5.74) is 5.61. The van der Waals surface area contributed by atoms with Crippen LogP contribution in [0.4, 0.5) is 0 Å². The third kappa shape index (κ3) is 3.89. The molecule has 1 aliphatic rings. The molecule has 0 atom stereocenters. The van der Waals surface area contributed by atoms with E-state index in [2.05, 4.69) is 10.5 Å². The molecule has 0 saturated heterocycles. The van der Waals surface area contributed by atoms with Crippen molar-refractivity contribution in [1.82, 2.24) is 5.43 Å². The topological polar surface area (TPSA) is 102 Å². The Morgan fingerprint density at radius 3 is 2.68 bits per heavy atom. The van der Waals surface area contributed by atoms with Crippen molar-refractivity contribution in [2.75, 3.05) is 0 Å². The largest absolute Gasteiger partial charge is 0.271 e. The van der Waals surface area contributed by atoms with E-state index in [9.17, 15) is 13.2 Å². The Bertz CT molecular complexity index is 971. The van der Waals surface area contributed by atoms with Crippen molar-refractivity contribution in [2.24, 2.45) is 10.2 Å². The lowest BCUT2D eigenvalue weighted by Gasteiger charge is -2.17. The van der Waals surface area contributed by atoms with E-state index in [-0.39, 0.29) is 15.5 Å². The van der Waals surface area contributed by atoms with Crippen molar-refractivity contribution >= 4 is 33.2 Å². The summed E-state index contributed by atoms with van der Waals surface area (Å²) in [6, 6.07) is 11.8. The molecule has 0 radical (unpaired) electrons. The number of aryl methyl sites for hydroxylation is 1. The highest BCUT2D eigenvalue weighted by molar-refractivity contribution is 7.89. The summed E-state index contributed by atoms with van der Waals surface area (Å²) < 4.78 is 23.0. The molecule has 0 heterocycles. The Balaban J connectivity index is 1.85. The molecule has 0 fully saturated rings. The predicted octanol–water partition coefficient (Wildman–Crippen LogP) is 2.46. The lowest BCUT2D eigenvalue weighted by molar-refractivity contribution is 0.0954. The lowest BCUT2D eigenvalue weighted by Crippen LogP contribution is -2.22. The van der Waals surface area contributed by atoms with Gasteiger partial charge in [0.1, 0.15) is 4.90 Å². The number of fused-ring (bicyclic) bond motifs is 1. The normalized spacial score (nSPS) is 15.7. The molecule has 1 amide bonds. The van der Waals surface area contributed by atoms with Gasteiger partial charge in [-0.2, -0.15) is 5.10 Å². The Morgan fingerprint density at radius 1 is 1.16 bits per heavy atom. The molecular weight excluding hydrogens is 362 g/mol. The van der Waals surface area contributed by atoms with Gasteiger partial charge in [-0.3, -0.25) is 4.79 Å². The number of nitrogens with zero attached hydrogens (tertiary/aromatic N) is 1. The minimum Gasteiger partial charge on any atom is -0.267 e. The number of rotatable bonds is 3. The van der Waals surface area contributed by atoms with Gasteiger partial charge in [-0.1, -0.05) is 35.9 Å². The van der Waals surface area contributed by atoms with E-state index in [1.807, 2.05) is 24.3 Å². The zero-order chi connectivity index (χ0) is 18.0. The van der Waals surface area contributed by atoms with Crippen LogP contribution in [-0.2, 0) is 16.4 Å². The standard InChI is InChI=1S/C17H16ClN3O3S/c18-14-9-8-12(10-16(14)25(19,23)24)17(22)21-20-15-7-3-5-11-4-1-2-6-13(11)15/h1-2,4,6,8-10H,3,5,7H2,(H,21,22)(H2,19,23,24). The number of halogens is 1. The fourth-order valence-electron chi connectivity index (χ4n) is 2.76. The fraction of sp³-hybridized carbons (Fsp3) is 0.176.